The third-order valence-electron chi connectivity index (χ3n) is 2.36. The summed E-state index contributed by atoms with van der Waals surface area (Å²) in [7, 11) is 0. The van der Waals surface area contributed by atoms with Crippen LogP contribution in [-0.4, -0.2) is 14.7 Å². The number of carbonyl (C=O) groups is 1. The summed E-state index contributed by atoms with van der Waals surface area (Å²) in [6.45, 7) is 1.70. The summed E-state index contributed by atoms with van der Waals surface area (Å²) in [4.78, 5) is 11.6. The van der Waals surface area contributed by atoms with Crippen LogP contribution in [0.25, 0.3) is 0 Å². The average molecular weight is 243 g/mol. The van der Waals surface area contributed by atoms with Crippen molar-refractivity contribution < 1.29 is 17.7 Å². The van der Waals surface area contributed by atoms with Crippen LogP contribution in [0.4, 0.5) is 0 Å². The molecule has 5 nitrogen and oxygen atoms in total. The minimum absolute atomic E-state index is 0.271. The average Bonchev–Trinajstić information content (AvgIpc) is 2.28. The molecule has 0 aromatic heterocycles. The lowest BCUT2D eigenvalue weighted by molar-refractivity contribution is -0.140. The van der Waals surface area contributed by atoms with Gasteiger partial charge in [-0.25, -0.2) is 4.79 Å². The molecule has 88 valence electrons. The number of rotatable bonds is 4. The topological polar surface area (TPSA) is 89.6 Å². The highest BCUT2D eigenvalue weighted by Crippen LogP contribution is 2.23. The fourth-order valence-corrected chi connectivity index (χ4v) is 1.62. The molecule has 1 aromatic carbocycles. The molecule has 2 atom stereocenters. The minimum Gasteiger partial charge on any atom is -0.341 e. The highest BCUT2D eigenvalue weighted by atomic mass is 32.2. The highest BCUT2D eigenvalue weighted by molar-refractivity contribution is 7.74. The summed E-state index contributed by atoms with van der Waals surface area (Å²) in [5.41, 5.74) is 5.05. The third-order valence-corrected chi connectivity index (χ3v) is 2.65. The van der Waals surface area contributed by atoms with Crippen LogP contribution in [0.5, 0.6) is 0 Å². The lowest BCUT2D eigenvalue weighted by Gasteiger charge is -2.24. The lowest BCUT2D eigenvalue weighted by Crippen LogP contribution is -2.45. The van der Waals surface area contributed by atoms with Crippen molar-refractivity contribution in [1.29, 1.82) is 0 Å². The van der Waals surface area contributed by atoms with E-state index in [9.17, 15) is 9.00 Å². The second kappa shape index (κ2) is 5.20. The van der Waals surface area contributed by atoms with Gasteiger partial charge in [0.15, 0.2) is 0 Å². The van der Waals surface area contributed by atoms with Crippen molar-refractivity contribution in [1.82, 2.24) is 0 Å². The molecule has 1 aromatic rings. The molecule has 2 unspecified atom stereocenters. The molecule has 3 N–H and O–H groups in total. The van der Waals surface area contributed by atoms with Crippen LogP contribution in [0.2, 0.25) is 0 Å². The molecule has 0 aliphatic heterocycles. The molecule has 0 aliphatic carbocycles. The Bertz CT molecular complexity index is 395. The van der Waals surface area contributed by atoms with Gasteiger partial charge in [-0.2, -0.15) is 4.21 Å². The van der Waals surface area contributed by atoms with Crippen LogP contribution in [0.1, 0.15) is 18.9 Å². The molecular weight excluding hydrogens is 230 g/mol. The Morgan fingerprint density at radius 1 is 1.50 bits per heavy atom. The molecule has 0 heterocycles. The van der Waals surface area contributed by atoms with Crippen molar-refractivity contribution in [2.24, 2.45) is 5.73 Å². The van der Waals surface area contributed by atoms with Crippen molar-refractivity contribution in [3.63, 3.8) is 0 Å². The molecule has 0 bridgehead atoms. The van der Waals surface area contributed by atoms with Gasteiger partial charge in [0.25, 0.3) is 0 Å². The van der Waals surface area contributed by atoms with Gasteiger partial charge < -0.3 is 9.92 Å². The van der Waals surface area contributed by atoms with E-state index in [1.54, 1.807) is 37.3 Å². The van der Waals surface area contributed by atoms with Gasteiger partial charge in [-0.1, -0.05) is 37.3 Å². The van der Waals surface area contributed by atoms with E-state index >= 15 is 0 Å². The van der Waals surface area contributed by atoms with Crippen LogP contribution in [-0.2, 0) is 25.9 Å². The Morgan fingerprint density at radius 3 is 2.50 bits per heavy atom. The summed E-state index contributed by atoms with van der Waals surface area (Å²) in [6.07, 6.45) is 0.271. The zero-order chi connectivity index (χ0) is 12.2. The molecule has 0 fully saturated rings. The van der Waals surface area contributed by atoms with E-state index < -0.39 is 22.9 Å². The Morgan fingerprint density at radius 2 is 2.06 bits per heavy atom. The molecule has 16 heavy (non-hydrogen) atoms. The van der Waals surface area contributed by atoms with Crippen LogP contribution in [0.15, 0.2) is 30.3 Å². The zero-order valence-corrected chi connectivity index (χ0v) is 9.57. The van der Waals surface area contributed by atoms with Crippen LogP contribution >= 0.6 is 0 Å². The summed E-state index contributed by atoms with van der Waals surface area (Å²) in [5, 5.41) is 0. The SMILES string of the molecule is CCC(N)(C(=O)OS(=O)O)c1ccccc1. The fourth-order valence-electron chi connectivity index (χ4n) is 1.34. The van der Waals surface area contributed by atoms with E-state index in [4.69, 9.17) is 10.3 Å². The first kappa shape index (κ1) is 12.8. The van der Waals surface area contributed by atoms with Gasteiger partial charge in [-0.3, -0.25) is 4.55 Å². The molecule has 1 rings (SSSR count). The van der Waals surface area contributed by atoms with Gasteiger partial charge >= 0.3 is 17.3 Å². The van der Waals surface area contributed by atoms with Gasteiger partial charge in [-0.15, -0.1) is 0 Å². The second-order valence-electron chi connectivity index (χ2n) is 3.28. The Kier molecular flexibility index (Phi) is 4.17. The van der Waals surface area contributed by atoms with Crippen molar-refractivity contribution in [2.75, 3.05) is 0 Å². The summed E-state index contributed by atoms with van der Waals surface area (Å²) < 4.78 is 23.1. The molecule has 0 aliphatic rings. The molecule has 6 heteroatoms. The quantitative estimate of drug-likeness (QED) is 0.768. The lowest BCUT2D eigenvalue weighted by atomic mass is 9.89. The third kappa shape index (κ3) is 2.66. The first-order valence-corrected chi connectivity index (χ1v) is 5.72. The maximum absolute atomic E-state index is 11.6. The predicted molar refractivity (Wildman–Crippen MR) is 59.5 cm³/mol. The smallest absolute Gasteiger partial charge is 0.341 e. The van der Waals surface area contributed by atoms with Gasteiger partial charge in [-0.05, 0) is 12.0 Å². The van der Waals surface area contributed by atoms with E-state index in [1.165, 1.54) is 0 Å². The highest BCUT2D eigenvalue weighted by Gasteiger charge is 2.37. The number of hydrogen-bond donors (Lipinski definition) is 2. The number of carbonyl (C=O) groups excluding carboxylic acids is 1. The van der Waals surface area contributed by atoms with Gasteiger partial charge in [0.05, 0.1) is 0 Å². The molecule has 0 radical (unpaired) electrons. The molecule has 0 saturated heterocycles. The van der Waals surface area contributed by atoms with Crippen LogP contribution in [0, 0.1) is 0 Å². The van der Waals surface area contributed by atoms with Gasteiger partial charge in [0.2, 0.25) is 0 Å². The summed E-state index contributed by atoms with van der Waals surface area (Å²) in [6, 6.07) is 8.59. The maximum Gasteiger partial charge on any atom is 0.360 e. The van der Waals surface area contributed by atoms with E-state index in [0.717, 1.165) is 0 Å². The number of nitrogens with two attached hydrogens (primary N) is 1. The molecule has 0 saturated carbocycles. The van der Waals surface area contributed by atoms with Crippen LogP contribution in [0.3, 0.4) is 0 Å². The number of benzene rings is 1. The maximum atomic E-state index is 11.6. The fraction of sp³-hybridized carbons (Fsp3) is 0.300. The van der Waals surface area contributed by atoms with Gasteiger partial charge in [0.1, 0.15) is 5.54 Å². The van der Waals surface area contributed by atoms with Crippen LogP contribution < -0.4 is 5.73 Å². The Balaban J connectivity index is 3.03. The van der Waals surface area contributed by atoms with E-state index in [1.807, 2.05) is 0 Å². The number of hydrogen-bond acceptors (Lipinski definition) is 4. The second-order valence-corrected chi connectivity index (χ2v) is 3.88. The summed E-state index contributed by atoms with van der Waals surface area (Å²) in [5.74, 6) is -0.915. The van der Waals surface area contributed by atoms with Crippen molar-refractivity contribution in [2.45, 2.75) is 18.9 Å². The van der Waals surface area contributed by atoms with E-state index in [-0.39, 0.29) is 6.42 Å². The van der Waals surface area contributed by atoms with Crippen molar-refractivity contribution >= 4 is 17.3 Å². The molecule has 0 amide bonds. The van der Waals surface area contributed by atoms with Crippen molar-refractivity contribution in [3.05, 3.63) is 35.9 Å². The van der Waals surface area contributed by atoms with Gasteiger partial charge in [0, 0.05) is 0 Å². The summed E-state index contributed by atoms with van der Waals surface area (Å²) >= 11 is -2.65. The van der Waals surface area contributed by atoms with Crippen molar-refractivity contribution in [3.8, 4) is 0 Å². The normalized spacial score (nSPS) is 16.2. The largest absolute Gasteiger partial charge is 0.360 e. The molecule has 0 spiro atoms. The predicted octanol–water partition coefficient (Wildman–Crippen LogP) is 0.930. The van der Waals surface area contributed by atoms with E-state index in [0.29, 0.717) is 5.56 Å². The molecular formula is C10H13NO4S. The van der Waals surface area contributed by atoms with E-state index in [2.05, 4.69) is 4.18 Å². The zero-order valence-electron chi connectivity index (χ0n) is 8.75. The first-order valence-electron chi connectivity index (χ1n) is 4.68. The first-order chi connectivity index (χ1) is 7.50. The Labute approximate surface area is 96.1 Å². The standard InChI is InChI=1S/C10H13NO4S/c1-2-10(11,9(12)15-16(13)14)8-6-4-3-5-7-8/h3-7H,2,11H2,1H3,(H,13,14). The Hall–Kier alpha value is -1.24. The monoisotopic (exact) mass is 243 g/mol. The minimum atomic E-state index is -2.65.